The van der Waals surface area contributed by atoms with E-state index < -0.39 is 41.6 Å². The van der Waals surface area contributed by atoms with Gasteiger partial charge >= 0.3 is 6.03 Å². The van der Waals surface area contributed by atoms with E-state index in [4.69, 9.17) is 16.2 Å². The van der Waals surface area contributed by atoms with Crippen LogP contribution in [-0.2, 0) is 9.59 Å². The normalized spacial score (nSPS) is 11.7. The molecule has 0 aliphatic carbocycles. The first kappa shape index (κ1) is 18.1. The SMILES string of the molecule is CC(COc1ccc(F)cc1F)NC(=O)NC(C(N)=O)C(N)=O. The van der Waals surface area contributed by atoms with Crippen LogP contribution in [0, 0.1) is 11.6 Å². The van der Waals surface area contributed by atoms with E-state index in [1.54, 1.807) is 0 Å². The number of rotatable bonds is 7. The molecular formula is C13H16F2N4O4. The molecule has 0 radical (unpaired) electrons. The van der Waals surface area contributed by atoms with Crippen LogP contribution in [0.15, 0.2) is 18.2 Å². The quantitative estimate of drug-likeness (QED) is 0.495. The van der Waals surface area contributed by atoms with Gasteiger partial charge in [-0.3, -0.25) is 9.59 Å². The third-order valence-electron chi connectivity index (χ3n) is 2.60. The molecule has 4 amide bonds. The summed E-state index contributed by atoms with van der Waals surface area (Å²) in [5, 5.41) is 4.32. The fourth-order valence-electron chi connectivity index (χ4n) is 1.53. The highest BCUT2D eigenvalue weighted by Crippen LogP contribution is 2.17. The predicted octanol–water partition coefficient (Wildman–Crippen LogP) is -0.629. The summed E-state index contributed by atoms with van der Waals surface area (Å²) < 4.78 is 31.2. The summed E-state index contributed by atoms with van der Waals surface area (Å²) in [4.78, 5) is 33.4. The number of benzene rings is 1. The van der Waals surface area contributed by atoms with Crippen LogP contribution in [-0.4, -0.2) is 36.5 Å². The summed E-state index contributed by atoms with van der Waals surface area (Å²) in [6.07, 6.45) is 0. The standard InChI is InChI=1S/C13H16F2N4O4/c1-6(5-23-9-3-2-7(14)4-8(9)15)18-13(22)19-10(11(16)20)12(17)21/h2-4,6,10H,5H2,1H3,(H2,16,20)(H2,17,21)(H2,18,19,22). The molecule has 0 aliphatic rings. The summed E-state index contributed by atoms with van der Waals surface area (Å²) in [7, 11) is 0. The Kier molecular flexibility index (Phi) is 6.24. The molecule has 8 nitrogen and oxygen atoms in total. The van der Waals surface area contributed by atoms with Crippen LogP contribution in [0.3, 0.4) is 0 Å². The molecule has 0 aromatic heterocycles. The minimum atomic E-state index is -1.65. The topological polar surface area (TPSA) is 137 Å². The molecule has 0 heterocycles. The van der Waals surface area contributed by atoms with Crippen LogP contribution in [0.2, 0.25) is 0 Å². The maximum Gasteiger partial charge on any atom is 0.316 e. The third kappa shape index (κ3) is 5.77. The lowest BCUT2D eigenvalue weighted by atomic mass is 10.2. The Morgan fingerprint density at radius 2 is 1.78 bits per heavy atom. The van der Waals surface area contributed by atoms with Crippen molar-refractivity contribution in [2.45, 2.75) is 19.0 Å². The van der Waals surface area contributed by atoms with Gasteiger partial charge in [-0.05, 0) is 19.1 Å². The van der Waals surface area contributed by atoms with Gasteiger partial charge in [0.25, 0.3) is 0 Å². The van der Waals surface area contributed by atoms with Crippen molar-refractivity contribution in [1.29, 1.82) is 0 Å². The highest BCUT2D eigenvalue weighted by Gasteiger charge is 2.24. The molecule has 0 saturated carbocycles. The van der Waals surface area contributed by atoms with Crippen LogP contribution in [0.4, 0.5) is 13.6 Å². The molecule has 1 unspecified atom stereocenters. The molecule has 23 heavy (non-hydrogen) atoms. The van der Waals surface area contributed by atoms with Gasteiger partial charge in [-0.15, -0.1) is 0 Å². The first-order valence-electron chi connectivity index (χ1n) is 6.44. The van der Waals surface area contributed by atoms with Crippen LogP contribution >= 0.6 is 0 Å². The molecule has 0 saturated heterocycles. The lowest BCUT2D eigenvalue weighted by molar-refractivity contribution is -0.128. The van der Waals surface area contributed by atoms with Crippen LogP contribution in [0.1, 0.15) is 6.92 Å². The van der Waals surface area contributed by atoms with Crippen molar-refractivity contribution >= 4 is 17.8 Å². The predicted molar refractivity (Wildman–Crippen MR) is 75.2 cm³/mol. The van der Waals surface area contributed by atoms with Crippen molar-refractivity contribution in [2.24, 2.45) is 11.5 Å². The first-order chi connectivity index (χ1) is 10.7. The number of urea groups is 1. The minimum Gasteiger partial charge on any atom is -0.488 e. The second kappa shape index (κ2) is 7.92. The number of hydrogen-bond acceptors (Lipinski definition) is 4. The number of hydrogen-bond donors (Lipinski definition) is 4. The van der Waals surface area contributed by atoms with Crippen LogP contribution in [0.5, 0.6) is 5.75 Å². The summed E-state index contributed by atoms with van der Waals surface area (Å²) in [6, 6.07) is -0.382. The monoisotopic (exact) mass is 330 g/mol. The Morgan fingerprint density at radius 3 is 2.30 bits per heavy atom. The molecule has 1 atom stereocenters. The van der Waals surface area contributed by atoms with E-state index in [-0.39, 0.29) is 12.4 Å². The first-order valence-corrected chi connectivity index (χ1v) is 6.44. The molecule has 126 valence electrons. The lowest BCUT2D eigenvalue weighted by Gasteiger charge is -2.17. The van der Waals surface area contributed by atoms with E-state index >= 15 is 0 Å². The Morgan fingerprint density at radius 1 is 1.17 bits per heavy atom. The molecule has 0 spiro atoms. The van der Waals surface area contributed by atoms with Crippen LogP contribution in [0.25, 0.3) is 0 Å². The third-order valence-corrected chi connectivity index (χ3v) is 2.60. The maximum atomic E-state index is 13.3. The van der Waals surface area contributed by atoms with Gasteiger partial charge in [0.05, 0.1) is 6.04 Å². The maximum absolute atomic E-state index is 13.3. The summed E-state index contributed by atoms with van der Waals surface area (Å²) >= 11 is 0. The fraction of sp³-hybridized carbons (Fsp3) is 0.308. The zero-order valence-corrected chi connectivity index (χ0v) is 12.1. The number of amides is 4. The van der Waals surface area contributed by atoms with E-state index in [1.165, 1.54) is 6.92 Å². The van der Waals surface area contributed by atoms with Crippen molar-refractivity contribution in [2.75, 3.05) is 6.61 Å². The number of nitrogens with two attached hydrogens (primary N) is 2. The molecule has 1 rings (SSSR count). The Bertz CT molecular complexity index is 598. The molecule has 6 N–H and O–H groups in total. The van der Waals surface area contributed by atoms with Crippen LogP contribution < -0.4 is 26.8 Å². The van der Waals surface area contributed by atoms with Gasteiger partial charge in [0.1, 0.15) is 12.4 Å². The van der Waals surface area contributed by atoms with Gasteiger partial charge in [-0.25, -0.2) is 13.6 Å². The van der Waals surface area contributed by atoms with Crippen molar-refractivity contribution in [3.8, 4) is 5.75 Å². The number of carbonyl (C=O) groups excluding carboxylic acids is 3. The number of nitrogens with one attached hydrogen (secondary N) is 2. The second-order valence-electron chi connectivity index (χ2n) is 4.64. The lowest BCUT2D eigenvalue weighted by Crippen LogP contribution is -2.56. The molecule has 10 heteroatoms. The molecular weight excluding hydrogens is 314 g/mol. The van der Waals surface area contributed by atoms with Crippen molar-refractivity contribution in [3.63, 3.8) is 0 Å². The van der Waals surface area contributed by atoms with Gasteiger partial charge in [-0.1, -0.05) is 0 Å². The Labute approximate surface area is 130 Å². The van der Waals surface area contributed by atoms with Crippen molar-refractivity contribution in [1.82, 2.24) is 10.6 Å². The average molecular weight is 330 g/mol. The van der Waals surface area contributed by atoms with Gasteiger partial charge < -0.3 is 26.8 Å². The smallest absolute Gasteiger partial charge is 0.316 e. The fourth-order valence-corrected chi connectivity index (χ4v) is 1.53. The number of carbonyl (C=O) groups is 3. The Hall–Kier alpha value is -2.91. The molecule has 0 fully saturated rings. The van der Waals surface area contributed by atoms with Gasteiger partial charge in [0.2, 0.25) is 11.8 Å². The number of halogens is 2. The highest BCUT2D eigenvalue weighted by atomic mass is 19.1. The minimum absolute atomic E-state index is 0.145. The summed E-state index contributed by atoms with van der Waals surface area (Å²) in [6.45, 7) is 1.37. The van der Waals surface area contributed by atoms with E-state index in [0.29, 0.717) is 6.07 Å². The van der Waals surface area contributed by atoms with Gasteiger partial charge in [0, 0.05) is 6.07 Å². The largest absolute Gasteiger partial charge is 0.488 e. The zero-order valence-electron chi connectivity index (χ0n) is 12.1. The van der Waals surface area contributed by atoms with Gasteiger partial charge in [-0.2, -0.15) is 0 Å². The second-order valence-corrected chi connectivity index (χ2v) is 4.64. The van der Waals surface area contributed by atoms with E-state index in [9.17, 15) is 23.2 Å². The van der Waals surface area contributed by atoms with E-state index in [2.05, 4.69) is 5.32 Å². The molecule has 0 aliphatic heterocycles. The van der Waals surface area contributed by atoms with E-state index in [1.807, 2.05) is 5.32 Å². The van der Waals surface area contributed by atoms with Gasteiger partial charge in [0.15, 0.2) is 17.6 Å². The summed E-state index contributed by atoms with van der Waals surface area (Å²) in [5.41, 5.74) is 9.80. The molecule has 0 bridgehead atoms. The summed E-state index contributed by atoms with van der Waals surface area (Å²) in [5.74, 6) is -4.03. The molecule has 1 aromatic rings. The van der Waals surface area contributed by atoms with Crippen molar-refractivity contribution < 1.29 is 27.9 Å². The average Bonchev–Trinajstić information content (AvgIpc) is 2.43. The number of primary amides is 2. The highest BCUT2D eigenvalue weighted by molar-refractivity contribution is 6.05. The van der Waals surface area contributed by atoms with E-state index in [0.717, 1.165) is 12.1 Å². The van der Waals surface area contributed by atoms with Crippen molar-refractivity contribution in [3.05, 3.63) is 29.8 Å². The number of ether oxygens (including phenoxy) is 1. The zero-order chi connectivity index (χ0) is 17.6. The molecule has 1 aromatic carbocycles. The Balaban J connectivity index is 2.49.